The van der Waals surface area contributed by atoms with Crippen molar-refractivity contribution >= 4 is 21.8 Å². The molecule has 0 amide bonds. The predicted octanol–water partition coefficient (Wildman–Crippen LogP) is 4.49. The highest BCUT2D eigenvalue weighted by atomic mass is 16.5. The topological polar surface area (TPSA) is 39.5 Å². The van der Waals surface area contributed by atoms with Crippen molar-refractivity contribution in [3.05, 3.63) is 72.6 Å². The number of hydrogen-bond acceptors (Lipinski definition) is 4. The summed E-state index contributed by atoms with van der Waals surface area (Å²) >= 11 is 0. The average molecular weight is 402 g/mol. The molecule has 0 saturated carbocycles. The van der Waals surface area contributed by atoms with Crippen LogP contribution in [0.3, 0.4) is 0 Å². The lowest BCUT2D eigenvalue weighted by Gasteiger charge is -2.26. The zero-order valence-electron chi connectivity index (χ0n) is 17.2. The molecule has 3 aromatic carbocycles. The van der Waals surface area contributed by atoms with Crippen molar-refractivity contribution in [2.75, 3.05) is 32.8 Å². The number of imidazole rings is 1. The molecule has 1 saturated heterocycles. The van der Waals surface area contributed by atoms with Crippen molar-refractivity contribution in [2.24, 2.45) is 0 Å². The summed E-state index contributed by atoms with van der Waals surface area (Å²) in [7, 11) is 0. The van der Waals surface area contributed by atoms with Gasteiger partial charge in [-0.25, -0.2) is 4.98 Å². The first-order chi connectivity index (χ1) is 14.9. The normalized spacial score (nSPS) is 15.1. The molecule has 0 spiro atoms. The van der Waals surface area contributed by atoms with Crippen molar-refractivity contribution in [3.63, 3.8) is 0 Å². The second kappa shape index (κ2) is 8.86. The van der Waals surface area contributed by atoms with Crippen molar-refractivity contribution in [2.45, 2.75) is 19.6 Å². The number of nitrogens with zero attached hydrogens (tertiary/aromatic N) is 3. The molecule has 0 aliphatic carbocycles. The van der Waals surface area contributed by atoms with Crippen LogP contribution >= 0.6 is 0 Å². The van der Waals surface area contributed by atoms with Gasteiger partial charge in [-0.15, -0.1) is 0 Å². The van der Waals surface area contributed by atoms with Gasteiger partial charge in [-0.3, -0.25) is 4.90 Å². The summed E-state index contributed by atoms with van der Waals surface area (Å²) in [5, 5.41) is 2.32. The minimum atomic E-state index is 0.459. The van der Waals surface area contributed by atoms with E-state index in [1.807, 2.05) is 18.2 Å². The molecular weight excluding hydrogens is 374 g/mol. The summed E-state index contributed by atoms with van der Waals surface area (Å²) < 4.78 is 14.0. The molecule has 0 unspecified atom stereocenters. The van der Waals surface area contributed by atoms with Gasteiger partial charge in [-0.1, -0.05) is 48.5 Å². The van der Waals surface area contributed by atoms with Gasteiger partial charge >= 0.3 is 0 Å². The first-order valence-electron chi connectivity index (χ1n) is 10.7. The third kappa shape index (κ3) is 4.04. The maximum Gasteiger partial charge on any atom is 0.147 e. The summed E-state index contributed by atoms with van der Waals surface area (Å²) in [5.74, 6) is 1.88. The fraction of sp³-hybridized carbons (Fsp3) is 0.320. The van der Waals surface area contributed by atoms with Crippen LogP contribution in [0.4, 0.5) is 0 Å². The third-order valence-electron chi connectivity index (χ3n) is 5.80. The first kappa shape index (κ1) is 19.1. The Kier molecular flexibility index (Phi) is 5.64. The lowest BCUT2D eigenvalue weighted by atomic mass is 10.1. The van der Waals surface area contributed by atoms with E-state index in [0.29, 0.717) is 6.61 Å². The van der Waals surface area contributed by atoms with Gasteiger partial charge in [0.2, 0.25) is 0 Å². The Morgan fingerprint density at radius 3 is 2.60 bits per heavy atom. The number of aryl methyl sites for hydroxylation is 1. The number of para-hydroxylation sites is 2. The molecule has 5 nitrogen and oxygen atoms in total. The molecule has 5 heteroatoms. The zero-order chi connectivity index (χ0) is 20.2. The Morgan fingerprint density at radius 2 is 1.67 bits per heavy atom. The monoisotopic (exact) mass is 401 g/mol. The van der Waals surface area contributed by atoms with Crippen molar-refractivity contribution in [3.8, 4) is 5.75 Å². The van der Waals surface area contributed by atoms with Crippen molar-refractivity contribution < 1.29 is 9.47 Å². The molecule has 30 heavy (non-hydrogen) atoms. The van der Waals surface area contributed by atoms with Crippen LogP contribution in [0.15, 0.2) is 66.7 Å². The minimum absolute atomic E-state index is 0.459. The highest BCUT2D eigenvalue weighted by Crippen LogP contribution is 2.26. The Bertz CT molecular complexity index is 1130. The third-order valence-corrected chi connectivity index (χ3v) is 5.80. The van der Waals surface area contributed by atoms with Gasteiger partial charge in [-0.2, -0.15) is 0 Å². The number of fused-ring (bicyclic) bond motifs is 2. The summed E-state index contributed by atoms with van der Waals surface area (Å²) in [6, 6.07) is 22.9. The molecule has 5 rings (SSSR count). The second-order valence-electron chi connectivity index (χ2n) is 7.74. The van der Waals surface area contributed by atoms with Crippen LogP contribution in [0, 0.1) is 0 Å². The maximum absolute atomic E-state index is 6.26. The quantitative estimate of drug-likeness (QED) is 0.457. The maximum atomic E-state index is 6.26. The summed E-state index contributed by atoms with van der Waals surface area (Å²) in [4.78, 5) is 7.36. The van der Waals surface area contributed by atoms with Gasteiger partial charge in [0.15, 0.2) is 0 Å². The largest absolute Gasteiger partial charge is 0.485 e. The Labute approximate surface area is 176 Å². The summed E-state index contributed by atoms with van der Waals surface area (Å²) in [6.45, 7) is 6.23. The van der Waals surface area contributed by atoms with E-state index in [-0.39, 0.29) is 0 Å². The molecule has 2 heterocycles. The number of morpholine rings is 1. The lowest BCUT2D eigenvalue weighted by molar-refractivity contribution is 0.0369. The fourth-order valence-electron chi connectivity index (χ4n) is 4.23. The minimum Gasteiger partial charge on any atom is -0.485 e. The average Bonchev–Trinajstić information content (AvgIpc) is 3.16. The van der Waals surface area contributed by atoms with Gasteiger partial charge < -0.3 is 14.0 Å². The SMILES string of the molecule is c1ccc2c(OCc3nc4ccccc4n3CCCN3CCOCC3)cccc2c1. The number of benzene rings is 3. The lowest BCUT2D eigenvalue weighted by Crippen LogP contribution is -2.37. The van der Waals surface area contributed by atoms with E-state index < -0.39 is 0 Å². The number of hydrogen-bond donors (Lipinski definition) is 0. The highest BCUT2D eigenvalue weighted by Gasteiger charge is 2.14. The Balaban J connectivity index is 1.34. The van der Waals surface area contributed by atoms with Crippen LogP contribution in [0.1, 0.15) is 12.2 Å². The molecule has 0 atom stereocenters. The molecule has 1 aliphatic rings. The van der Waals surface area contributed by atoms with Crippen LogP contribution in [-0.4, -0.2) is 47.3 Å². The van der Waals surface area contributed by atoms with Crippen LogP contribution in [0.5, 0.6) is 5.75 Å². The van der Waals surface area contributed by atoms with Gasteiger partial charge in [0, 0.05) is 31.6 Å². The van der Waals surface area contributed by atoms with E-state index in [9.17, 15) is 0 Å². The summed E-state index contributed by atoms with van der Waals surface area (Å²) in [5.41, 5.74) is 2.20. The first-order valence-corrected chi connectivity index (χ1v) is 10.7. The van der Waals surface area contributed by atoms with E-state index in [2.05, 4.69) is 58.0 Å². The molecule has 1 aliphatic heterocycles. The molecular formula is C25H27N3O2. The summed E-state index contributed by atoms with van der Waals surface area (Å²) in [6.07, 6.45) is 1.08. The van der Waals surface area contributed by atoms with Crippen molar-refractivity contribution in [1.82, 2.24) is 14.5 Å². The van der Waals surface area contributed by atoms with Crippen LogP contribution in [0.25, 0.3) is 21.8 Å². The van der Waals surface area contributed by atoms with Crippen LogP contribution in [0.2, 0.25) is 0 Å². The Hall–Kier alpha value is -2.89. The molecule has 4 aromatic rings. The Morgan fingerprint density at radius 1 is 0.867 bits per heavy atom. The molecule has 0 radical (unpaired) electrons. The van der Waals surface area contributed by atoms with E-state index >= 15 is 0 Å². The van der Waals surface area contributed by atoms with Gasteiger partial charge in [0.05, 0.1) is 24.2 Å². The number of aromatic nitrogens is 2. The van der Waals surface area contributed by atoms with E-state index in [1.165, 1.54) is 10.9 Å². The molecule has 0 bridgehead atoms. The van der Waals surface area contributed by atoms with Crippen LogP contribution in [-0.2, 0) is 17.9 Å². The van der Waals surface area contributed by atoms with Gasteiger partial charge in [0.25, 0.3) is 0 Å². The van der Waals surface area contributed by atoms with E-state index in [4.69, 9.17) is 14.5 Å². The molecule has 1 fully saturated rings. The predicted molar refractivity (Wildman–Crippen MR) is 120 cm³/mol. The number of ether oxygens (including phenoxy) is 2. The fourth-order valence-corrected chi connectivity index (χ4v) is 4.23. The van der Waals surface area contributed by atoms with Crippen LogP contribution < -0.4 is 4.74 Å². The highest BCUT2D eigenvalue weighted by molar-refractivity contribution is 5.88. The van der Waals surface area contributed by atoms with E-state index in [0.717, 1.165) is 68.3 Å². The number of rotatable bonds is 7. The smallest absolute Gasteiger partial charge is 0.147 e. The van der Waals surface area contributed by atoms with Gasteiger partial charge in [-0.05, 0) is 30.0 Å². The molecule has 1 aromatic heterocycles. The second-order valence-corrected chi connectivity index (χ2v) is 7.74. The van der Waals surface area contributed by atoms with Gasteiger partial charge in [0.1, 0.15) is 18.2 Å². The zero-order valence-corrected chi connectivity index (χ0v) is 17.2. The van der Waals surface area contributed by atoms with E-state index in [1.54, 1.807) is 0 Å². The standard InChI is InChI=1S/C25H27N3O2/c1-2-9-21-20(7-1)8-5-12-24(21)30-19-25-26-22-10-3-4-11-23(22)28(25)14-6-13-27-15-17-29-18-16-27/h1-5,7-12H,6,13-19H2. The molecule has 154 valence electrons. The van der Waals surface area contributed by atoms with Crippen molar-refractivity contribution in [1.29, 1.82) is 0 Å². The molecule has 0 N–H and O–H groups in total.